The molecule has 1 heterocycles. The van der Waals surface area contributed by atoms with Crippen LogP contribution in [0.4, 0.5) is 5.69 Å². The minimum absolute atomic E-state index is 0.193. The van der Waals surface area contributed by atoms with Crippen LogP contribution in [0.3, 0.4) is 0 Å². The smallest absolute Gasteiger partial charge is 0.262 e. The second-order valence-corrected chi connectivity index (χ2v) is 12.4. The van der Waals surface area contributed by atoms with Gasteiger partial charge in [0.2, 0.25) is 10.0 Å². The molecule has 3 aromatic carbocycles. The molecule has 10 heteroatoms. The first-order chi connectivity index (χ1) is 18.5. The highest BCUT2D eigenvalue weighted by atomic mass is 79.9. The van der Waals surface area contributed by atoms with E-state index in [1.807, 2.05) is 45.9 Å². The minimum atomic E-state index is -3.71. The first kappa shape index (κ1) is 28.8. The molecule has 1 saturated heterocycles. The third-order valence-electron chi connectivity index (χ3n) is 7.03. The van der Waals surface area contributed by atoms with Gasteiger partial charge in [0.05, 0.1) is 10.5 Å². The Bertz CT molecular complexity index is 1470. The molecule has 0 radical (unpaired) electrons. The van der Waals surface area contributed by atoms with Crippen LogP contribution < -0.4 is 10.1 Å². The number of rotatable bonds is 7. The van der Waals surface area contributed by atoms with E-state index in [4.69, 9.17) is 4.74 Å². The monoisotopic (exact) mass is 613 g/mol. The van der Waals surface area contributed by atoms with E-state index in [2.05, 4.69) is 21.2 Å². The van der Waals surface area contributed by atoms with Gasteiger partial charge in [0, 0.05) is 36.3 Å². The van der Waals surface area contributed by atoms with E-state index in [9.17, 15) is 18.0 Å². The Labute approximate surface area is 238 Å². The number of sulfonamides is 1. The van der Waals surface area contributed by atoms with Crippen molar-refractivity contribution in [2.75, 3.05) is 38.1 Å². The molecule has 0 spiro atoms. The number of carbonyl (C=O) groups excluding carboxylic acids is 2. The molecule has 2 amide bonds. The van der Waals surface area contributed by atoms with Gasteiger partial charge in [-0.15, -0.1) is 0 Å². The lowest BCUT2D eigenvalue weighted by molar-refractivity contribution is -0.118. The summed E-state index contributed by atoms with van der Waals surface area (Å²) >= 11 is 3.36. The average molecular weight is 615 g/mol. The van der Waals surface area contributed by atoms with Gasteiger partial charge in [-0.1, -0.05) is 34.1 Å². The van der Waals surface area contributed by atoms with Crippen LogP contribution in [0.2, 0.25) is 0 Å². The lowest BCUT2D eigenvalue weighted by atomic mass is 10.0. The molecule has 0 saturated carbocycles. The largest absolute Gasteiger partial charge is 0.483 e. The van der Waals surface area contributed by atoms with Gasteiger partial charge in [0.25, 0.3) is 11.8 Å². The molecule has 3 aromatic rings. The zero-order valence-corrected chi connectivity index (χ0v) is 24.9. The number of aryl methyl sites for hydroxylation is 2. The Morgan fingerprint density at radius 1 is 0.897 bits per heavy atom. The number of para-hydroxylation sites is 1. The van der Waals surface area contributed by atoms with Crippen molar-refractivity contribution in [3.63, 3.8) is 0 Å². The van der Waals surface area contributed by atoms with Gasteiger partial charge < -0.3 is 15.0 Å². The molecule has 0 bridgehead atoms. The summed E-state index contributed by atoms with van der Waals surface area (Å²) in [5, 5.41) is 2.76. The summed E-state index contributed by atoms with van der Waals surface area (Å²) in [7, 11) is -3.71. The first-order valence-electron chi connectivity index (χ1n) is 12.6. The van der Waals surface area contributed by atoms with Crippen molar-refractivity contribution in [3.05, 3.63) is 86.9 Å². The predicted molar refractivity (Wildman–Crippen MR) is 155 cm³/mol. The Hall–Kier alpha value is -3.21. The molecule has 206 valence electrons. The number of piperazine rings is 1. The normalized spacial score (nSPS) is 14.2. The highest BCUT2D eigenvalue weighted by Gasteiger charge is 2.33. The van der Waals surface area contributed by atoms with Crippen molar-refractivity contribution in [3.8, 4) is 5.75 Å². The van der Waals surface area contributed by atoms with Crippen molar-refractivity contribution in [2.24, 2.45) is 0 Å². The van der Waals surface area contributed by atoms with Crippen molar-refractivity contribution in [1.29, 1.82) is 0 Å². The first-order valence-corrected chi connectivity index (χ1v) is 14.9. The molecule has 0 aromatic heterocycles. The summed E-state index contributed by atoms with van der Waals surface area (Å²) in [4.78, 5) is 27.8. The number of halogens is 1. The number of ether oxygens (including phenoxy) is 1. The zero-order chi connectivity index (χ0) is 28.3. The zero-order valence-electron chi connectivity index (χ0n) is 22.5. The van der Waals surface area contributed by atoms with E-state index in [0.717, 1.165) is 26.7 Å². The standard InChI is InChI=1S/C29H32BrN3O5S/c1-19-17-20(2)22(4)28(21(19)3)39(36,37)33-15-13-32(14-16-33)29(35)25-7-5-6-8-26(25)38-18-27(34)31-24-11-9-23(30)10-12-24/h5-12,17H,13-16,18H2,1-4H3,(H,31,34). The van der Waals surface area contributed by atoms with Crippen LogP contribution in [-0.4, -0.2) is 62.2 Å². The number of nitrogens with zero attached hydrogens (tertiary/aromatic N) is 2. The van der Waals surface area contributed by atoms with Crippen molar-refractivity contribution >= 4 is 43.5 Å². The highest BCUT2D eigenvalue weighted by Crippen LogP contribution is 2.30. The fourth-order valence-electron chi connectivity index (χ4n) is 4.64. The second kappa shape index (κ2) is 11.9. The second-order valence-electron chi connectivity index (χ2n) is 9.63. The highest BCUT2D eigenvalue weighted by molar-refractivity contribution is 9.10. The van der Waals surface area contributed by atoms with E-state index in [0.29, 0.717) is 21.9 Å². The van der Waals surface area contributed by atoms with Crippen molar-refractivity contribution < 1.29 is 22.7 Å². The molecular formula is C29H32BrN3O5S. The van der Waals surface area contributed by atoms with E-state index in [1.54, 1.807) is 41.3 Å². The van der Waals surface area contributed by atoms with Gasteiger partial charge in [-0.3, -0.25) is 9.59 Å². The number of carbonyl (C=O) groups is 2. The Kier molecular flexibility index (Phi) is 8.78. The lowest BCUT2D eigenvalue weighted by Gasteiger charge is -2.35. The molecule has 39 heavy (non-hydrogen) atoms. The summed E-state index contributed by atoms with van der Waals surface area (Å²) in [6, 6.07) is 15.9. The van der Waals surface area contributed by atoms with E-state index < -0.39 is 10.0 Å². The van der Waals surface area contributed by atoms with Crippen LogP contribution in [0, 0.1) is 27.7 Å². The molecule has 0 aliphatic carbocycles. The molecule has 4 rings (SSSR count). The predicted octanol–water partition coefficient (Wildman–Crippen LogP) is 4.85. The summed E-state index contributed by atoms with van der Waals surface area (Å²) in [5.41, 5.74) is 4.35. The molecular weight excluding hydrogens is 582 g/mol. The maximum Gasteiger partial charge on any atom is 0.262 e. The number of anilines is 1. The third-order valence-corrected chi connectivity index (χ3v) is 9.73. The summed E-state index contributed by atoms with van der Waals surface area (Å²) in [5.74, 6) is -0.324. The minimum Gasteiger partial charge on any atom is -0.483 e. The van der Waals surface area contributed by atoms with Gasteiger partial charge in [-0.2, -0.15) is 4.31 Å². The number of nitrogens with one attached hydrogen (secondary N) is 1. The van der Waals surface area contributed by atoms with Crippen LogP contribution in [0.1, 0.15) is 32.6 Å². The molecule has 1 fully saturated rings. The van der Waals surface area contributed by atoms with E-state index >= 15 is 0 Å². The summed E-state index contributed by atoms with van der Waals surface area (Å²) < 4.78 is 35.3. The quantitative estimate of drug-likeness (QED) is 0.411. The number of hydrogen-bond donors (Lipinski definition) is 1. The average Bonchev–Trinajstić information content (AvgIpc) is 2.92. The number of hydrogen-bond acceptors (Lipinski definition) is 5. The van der Waals surface area contributed by atoms with Gasteiger partial charge in [0.15, 0.2) is 6.61 Å². The van der Waals surface area contributed by atoms with Gasteiger partial charge in [0.1, 0.15) is 5.75 Å². The molecule has 8 nitrogen and oxygen atoms in total. The van der Waals surface area contributed by atoms with Gasteiger partial charge in [-0.25, -0.2) is 8.42 Å². The van der Waals surface area contributed by atoms with Crippen LogP contribution in [-0.2, 0) is 14.8 Å². The van der Waals surface area contributed by atoms with Crippen LogP contribution in [0.25, 0.3) is 0 Å². The molecule has 0 atom stereocenters. The SMILES string of the molecule is Cc1cc(C)c(C)c(S(=O)(=O)N2CCN(C(=O)c3ccccc3OCC(=O)Nc3ccc(Br)cc3)CC2)c1C. The van der Waals surface area contributed by atoms with Gasteiger partial charge in [-0.05, 0) is 86.3 Å². The molecule has 0 unspecified atom stereocenters. The third kappa shape index (κ3) is 6.34. The molecule has 1 aliphatic rings. The Morgan fingerprint density at radius 3 is 2.10 bits per heavy atom. The fraction of sp³-hybridized carbons (Fsp3) is 0.310. The molecule has 1 N–H and O–H groups in total. The van der Waals surface area contributed by atoms with E-state index in [-0.39, 0.29) is 44.6 Å². The van der Waals surface area contributed by atoms with Gasteiger partial charge >= 0.3 is 0 Å². The summed E-state index contributed by atoms with van der Waals surface area (Å²) in [6.45, 7) is 8.13. The fourth-order valence-corrected chi connectivity index (χ4v) is 6.90. The van der Waals surface area contributed by atoms with E-state index in [1.165, 1.54) is 4.31 Å². The lowest BCUT2D eigenvalue weighted by Crippen LogP contribution is -2.50. The topological polar surface area (TPSA) is 96.0 Å². The summed E-state index contributed by atoms with van der Waals surface area (Å²) in [6.07, 6.45) is 0. The van der Waals surface area contributed by atoms with Crippen LogP contribution >= 0.6 is 15.9 Å². The molecule has 1 aliphatic heterocycles. The van der Waals surface area contributed by atoms with Crippen molar-refractivity contribution in [1.82, 2.24) is 9.21 Å². The van der Waals surface area contributed by atoms with Crippen LogP contribution in [0.5, 0.6) is 5.75 Å². The maximum absolute atomic E-state index is 13.6. The van der Waals surface area contributed by atoms with Crippen LogP contribution in [0.15, 0.2) is 64.0 Å². The van der Waals surface area contributed by atoms with Crippen molar-refractivity contribution in [2.45, 2.75) is 32.6 Å². The number of amides is 2. The number of benzene rings is 3. The Balaban J connectivity index is 1.41. The Morgan fingerprint density at radius 2 is 1.49 bits per heavy atom. The maximum atomic E-state index is 13.6.